The predicted octanol–water partition coefficient (Wildman–Crippen LogP) is -1.82. The standard InChI is InChI=1S/C13H24N4O5/c1-7(2)10(11(20)21)17-9(19)6-15-8(18)5-16-12(22)13(3,4)14/h7,10H,5-6,14H2,1-4H3,(H,15,18)(H,16,22)(H,17,19)(H,20,21)/t10-/m0/s1. The van der Waals surface area contributed by atoms with E-state index in [1.54, 1.807) is 13.8 Å². The summed E-state index contributed by atoms with van der Waals surface area (Å²) < 4.78 is 0. The number of hydrogen-bond acceptors (Lipinski definition) is 5. The average molecular weight is 316 g/mol. The Morgan fingerprint density at radius 1 is 1.05 bits per heavy atom. The quantitative estimate of drug-likeness (QED) is 0.356. The number of aliphatic carboxylic acids is 1. The van der Waals surface area contributed by atoms with E-state index in [1.807, 2.05) is 0 Å². The second-order valence-corrected chi connectivity index (χ2v) is 5.81. The molecule has 9 nitrogen and oxygen atoms in total. The Hall–Kier alpha value is -2.16. The first-order valence-corrected chi connectivity index (χ1v) is 6.81. The first-order valence-electron chi connectivity index (χ1n) is 6.81. The molecule has 0 spiro atoms. The van der Waals surface area contributed by atoms with Crippen LogP contribution in [0, 0.1) is 5.92 Å². The van der Waals surface area contributed by atoms with Gasteiger partial charge in [0.15, 0.2) is 0 Å². The second-order valence-electron chi connectivity index (χ2n) is 5.81. The topological polar surface area (TPSA) is 151 Å². The van der Waals surface area contributed by atoms with E-state index in [1.165, 1.54) is 13.8 Å². The lowest BCUT2D eigenvalue weighted by molar-refractivity contribution is -0.143. The minimum absolute atomic E-state index is 0.289. The minimum Gasteiger partial charge on any atom is -0.480 e. The van der Waals surface area contributed by atoms with Gasteiger partial charge in [0.05, 0.1) is 18.6 Å². The molecule has 0 aromatic heterocycles. The van der Waals surface area contributed by atoms with Gasteiger partial charge in [-0.2, -0.15) is 0 Å². The number of carbonyl (C=O) groups is 4. The van der Waals surface area contributed by atoms with E-state index in [-0.39, 0.29) is 19.0 Å². The van der Waals surface area contributed by atoms with Gasteiger partial charge in [-0.15, -0.1) is 0 Å². The maximum Gasteiger partial charge on any atom is 0.326 e. The van der Waals surface area contributed by atoms with Gasteiger partial charge < -0.3 is 26.8 Å². The molecule has 0 aliphatic carbocycles. The summed E-state index contributed by atoms with van der Waals surface area (Å²) >= 11 is 0. The zero-order valence-corrected chi connectivity index (χ0v) is 13.2. The number of amides is 3. The molecule has 0 aliphatic heterocycles. The van der Waals surface area contributed by atoms with E-state index in [2.05, 4.69) is 16.0 Å². The van der Waals surface area contributed by atoms with Gasteiger partial charge in [-0.3, -0.25) is 14.4 Å². The number of nitrogens with two attached hydrogens (primary N) is 1. The molecule has 0 saturated carbocycles. The molecule has 0 heterocycles. The monoisotopic (exact) mass is 316 g/mol. The van der Waals surface area contributed by atoms with Crippen LogP contribution in [0.3, 0.4) is 0 Å². The van der Waals surface area contributed by atoms with Crippen molar-refractivity contribution in [3.05, 3.63) is 0 Å². The molecule has 0 aromatic rings. The normalized spacial score (nSPS) is 12.5. The molecule has 22 heavy (non-hydrogen) atoms. The molecule has 0 bridgehead atoms. The van der Waals surface area contributed by atoms with Crippen LogP contribution in [0.4, 0.5) is 0 Å². The van der Waals surface area contributed by atoms with Crippen molar-refractivity contribution < 1.29 is 24.3 Å². The van der Waals surface area contributed by atoms with Crippen molar-refractivity contribution in [1.29, 1.82) is 0 Å². The van der Waals surface area contributed by atoms with Crippen molar-refractivity contribution in [1.82, 2.24) is 16.0 Å². The van der Waals surface area contributed by atoms with Crippen molar-refractivity contribution in [2.45, 2.75) is 39.3 Å². The van der Waals surface area contributed by atoms with Crippen molar-refractivity contribution >= 4 is 23.7 Å². The van der Waals surface area contributed by atoms with Gasteiger partial charge in [-0.1, -0.05) is 13.8 Å². The summed E-state index contributed by atoms with van der Waals surface area (Å²) in [5, 5.41) is 15.8. The van der Waals surface area contributed by atoms with Crippen LogP contribution < -0.4 is 21.7 Å². The summed E-state index contributed by atoms with van der Waals surface area (Å²) in [7, 11) is 0. The molecule has 1 atom stereocenters. The molecule has 0 rings (SSSR count). The number of carboxylic acids is 1. The summed E-state index contributed by atoms with van der Waals surface area (Å²) in [5.41, 5.74) is 4.43. The maximum atomic E-state index is 11.6. The SMILES string of the molecule is CC(C)[C@H](NC(=O)CNC(=O)CNC(=O)C(C)(C)N)C(=O)O. The van der Waals surface area contributed by atoms with Gasteiger partial charge in [0.25, 0.3) is 0 Å². The van der Waals surface area contributed by atoms with Crippen LogP contribution in [0.25, 0.3) is 0 Å². The maximum absolute atomic E-state index is 11.6. The number of rotatable bonds is 8. The fraction of sp³-hybridized carbons (Fsp3) is 0.692. The lowest BCUT2D eigenvalue weighted by Gasteiger charge is -2.18. The lowest BCUT2D eigenvalue weighted by atomic mass is 10.1. The van der Waals surface area contributed by atoms with E-state index in [4.69, 9.17) is 10.8 Å². The van der Waals surface area contributed by atoms with Crippen LogP contribution in [0.5, 0.6) is 0 Å². The Balaban J connectivity index is 4.17. The highest BCUT2D eigenvalue weighted by Crippen LogP contribution is 2.01. The number of carboxylic acid groups (broad SMARTS) is 1. The molecule has 3 amide bonds. The first kappa shape index (κ1) is 19.8. The summed E-state index contributed by atoms with van der Waals surface area (Å²) in [5.74, 6) is -3.14. The van der Waals surface area contributed by atoms with E-state index >= 15 is 0 Å². The molecule has 0 fully saturated rings. The van der Waals surface area contributed by atoms with Crippen LogP contribution in [0.1, 0.15) is 27.7 Å². The Morgan fingerprint density at radius 3 is 1.95 bits per heavy atom. The van der Waals surface area contributed by atoms with Crippen LogP contribution in [0.2, 0.25) is 0 Å². The molecule has 126 valence electrons. The highest BCUT2D eigenvalue weighted by Gasteiger charge is 2.24. The Morgan fingerprint density at radius 2 is 1.55 bits per heavy atom. The van der Waals surface area contributed by atoms with Gasteiger partial charge in [0.1, 0.15) is 6.04 Å². The molecule has 0 saturated heterocycles. The molecular formula is C13H24N4O5. The van der Waals surface area contributed by atoms with Crippen LogP contribution in [0.15, 0.2) is 0 Å². The van der Waals surface area contributed by atoms with Gasteiger partial charge in [0, 0.05) is 0 Å². The molecule has 0 unspecified atom stereocenters. The van der Waals surface area contributed by atoms with E-state index in [0.717, 1.165) is 0 Å². The first-order chi connectivity index (χ1) is 9.95. The number of nitrogens with one attached hydrogen (secondary N) is 3. The van der Waals surface area contributed by atoms with Crippen LogP contribution in [-0.4, -0.2) is 53.5 Å². The summed E-state index contributed by atoms with van der Waals surface area (Å²) in [6, 6.07) is -1.03. The summed E-state index contributed by atoms with van der Waals surface area (Å²) in [4.78, 5) is 45.4. The molecule has 9 heteroatoms. The van der Waals surface area contributed by atoms with Gasteiger partial charge in [0.2, 0.25) is 17.7 Å². The van der Waals surface area contributed by atoms with Crippen molar-refractivity contribution in [2.75, 3.05) is 13.1 Å². The second kappa shape index (κ2) is 8.32. The van der Waals surface area contributed by atoms with E-state index in [9.17, 15) is 19.2 Å². The third-order valence-electron chi connectivity index (χ3n) is 2.69. The summed E-state index contributed by atoms with van der Waals surface area (Å²) in [6.45, 7) is 5.59. The van der Waals surface area contributed by atoms with Crippen LogP contribution in [-0.2, 0) is 19.2 Å². The van der Waals surface area contributed by atoms with Crippen molar-refractivity contribution in [3.63, 3.8) is 0 Å². The fourth-order valence-corrected chi connectivity index (χ4v) is 1.37. The zero-order chi connectivity index (χ0) is 17.5. The van der Waals surface area contributed by atoms with Gasteiger partial charge in [-0.25, -0.2) is 4.79 Å². The molecule has 0 aromatic carbocycles. The third-order valence-corrected chi connectivity index (χ3v) is 2.69. The highest BCUT2D eigenvalue weighted by molar-refractivity contribution is 5.91. The minimum atomic E-state index is -1.15. The third kappa shape index (κ3) is 7.58. The molecule has 0 radical (unpaired) electrons. The zero-order valence-electron chi connectivity index (χ0n) is 13.2. The largest absolute Gasteiger partial charge is 0.480 e. The van der Waals surface area contributed by atoms with Crippen molar-refractivity contribution in [3.8, 4) is 0 Å². The fourth-order valence-electron chi connectivity index (χ4n) is 1.37. The predicted molar refractivity (Wildman–Crippen MR) is 78.7 cm³/mol. The lowest BCUT2D eigenvalue weighted by Crippen LogP contribution is -2.52. The van der Waals surface area contributed by atoms with E-state index in [0.29, 0.717) is 0 Å². The van der Waals surface area contributed by atoms with Gasteiger partial charge in [-0.05, 0) is 19.8 Å². The van der Waals surface area contributed by atoms with E-state index < -0.39 is 35.3 Å². The summed E-state index contributed by atoms with van der Waals surface area (Å²) in [6.07, 6.45) is 0. The molecular weight excluding hydrogens is 292 g/mol. The van der Waals surface area contributed by atoms with Crippen molar-refractivity contribution in [2.24, 2.45) is 11.7 Å². The number of carbonyl (C=O) groups excluding carboxylic acids is 3. The smallest absolute Gasteiger partial charge is 0.326 e. The van der Waals surface area contributed by atoms with Crippen LogP contribution >= 0.6 is 0 Å². The average Bonchev–Trinajstić information content (AvgIpc) is 2.37. The highest BCUT2D eigenvalue weighted by atomic mass is 16.4. The molecule has 6 N–H and O–H groups in total. The van der Waals surface area contributed by atoms with Gasteiger partial charge >= 0.3 is 5.97 Å². The molecule has 0 aliphatic rings. The number of hydrogen-bond donors (Lipinski definition) is 5. The Kier molecular flexibility index (Phi) is 7.51. The Labute approximate surface area is 129 Å². The Bertz CT molecular complexity index is 442.